The van der Waals surface area contributed by atoms with Gasteiger partial charge in [-0.15, -0.1) is 0 Å². The van der Waals surface area contributed by atoms with E-state index < -0.39 is 0 Å². The van der Waals surface area contributed by atoms with Gasteiger partial charge in [-0.2, -0.15) is 0 Å². The summed E-state index contributed by atoms with van der Waals surface area (Å²) in [6.07, 6.45) is 1.33. The molecule has 0 unspecified atom stereocenters. The molecular weight excluding hydrogens is 264 g/mol. The molecule has 4 nitrogen and oxygen atoms in total. The van der Waals surface area contributed by atoms with Gasteiger partial charge in [-0.1, -0.05) is 36.4 Å². The molecule has 0 saturated carbocycles. The van der Waals surface area contributed by atoms with Gasteiger partial charge >= 0.3 is 0 Å². The number of fused-ring (bicyclic) bond motifs is 3. The van der Waals surface area contributed by atoms with Crippen molar-refractivity contribution >= 4 is 11.8 Å². The summed E-state index contributed by atoms with van der Waals surface area (Å²) in [7, 11) is 0. The van der Waals surface area contributed by atoms with Crippen LogP contribution in [0.15, 0.2) is 36.4 Å². The molecule has 0 atom stereocenters. The first-order valence-electron chi connectivity index (χ1n) is 6.83. The molecule has 3 rings (SSSR count). The van der Waals surface area contributed by atoms with Crippen molar-refractivity contribution in [2.24, 2.45) is 11.5 Å². The van der Waals surface area contributed by atoms with Crippen LogP contribution in [0.2, 0.25) is 0 Å². The molecule has 0 bridgehead atoms. The first kappa shape index (κ1) is 13.4. The third-order valence-corrected chi connectivity index (χ3v) is 3.77. The maximum atomic E-state index is 11.0. The molecule has 1 aliphatic rings. The van der Waals surface area contributed by atoms with Crippen LogP contribution in [0.3, 0.4) is 0 Å². The minimum absolute atomic E-state index is 0.260. The van der Waals surface area contributed by atoms with Crippen LogP contribution in [0.5, 0.6) is 0 Å². The molecule has 0 aliphatic heterocycles. The lowest BCUT2D eigenvalue weighted by molar-refractivity contribution is -0.118. The van der Waals surface area contributed by atoms with Gasteiger partial charge in [-0.25, -0.2) is 0 Å². The highest BCUT2D eigenvalue weighted by Crippen LogP contribution is 2.37. The van der Waals surface area contributed by atoms with Crippen LogP contribution in [0.25, 0.3) is 11.1 Å². The molecule has 0 heterocycles. The van der Waals surface area contributed by atoms with Crippen LogP contribution in [0.4, 0.5) is 0 Å². The van der Waals surface area contributed by atoms with Gasteiger partial charge in [0.25, 0.3) is 0 Å². The second kappa shape index (κ2) is 5.05. The molecule has 2 aromatic rings. The molecule has 2 amide bonds. The number of carbonyl (C=O) groups excluding carboxylic acids is 2. The van der Waals surface area contributed by atoms with Gasteiger partial charge in [0.2, 0.25) is 11.8 Å². The number of amides is 2. The number of primary amides is 2. The van der Waals surface area contributed by atoms with Crippen molar-refractivity contribution in [1.29, 1.82) is 0 Å². The Hall–Kier alpha value is -2.62. The zero-order valence-electron chi connectivity index (χ0n) is 11.6. The van der Waals surface area contributed by atoms with Gasteiger partial charge in [0.15, 0.2) is 0 Å². The minimum Gasteiger partial charge on any atom is -0.369 e. The Labute approximate surface area is 122 Å². The van der Waals surface area contributed by atoms with E-state index >= 15 is 0 Å². The first-order valence-corrected chi connectivity index (χ1v) is 6.83. The quantitative estimate of drug-likeness (QED) is 0.755. The topological polar surface area (TPSA) is 86.2 Å². The van der Waals surface area contributed by atoms with Crippen molar-refractivity contribution in [2.75, 3.05) is 0 Å². The summed E-state index contributed by atoms with van der Waals surface area (Å²) in [5.41, 5.74) is 17.1. The fourth-order valence-electron chi connectivity index (χ4n) is 2.94. The van der Waals surface area contributed by atoms with Crippen molar-refractivity contribution < 1.29 is 9.59 Å². The Morgan fingerprint density at radius 2 is 1.24 bits per heavy atom. The van der Waals surface area contributed by atoms with Crippen LogP contribution >= 0.6 is 0 Å². The molecular formula is C17H16N2O2. The van der Waals surface area contributed by atoms with E-state index in [1.165, 1.54) is 22.3 Å². The van der Waals surface area contributed by atoms with Crippen LogP contribution in [-0.4, -0.2) is 11.8 Å². The SMILES string of the molecule is NC(=O)Cc1ccc2c(c1)Cc1cc(CC(N)=O)ccc1-2. The van der Waals surface area contributed by atoms with E-state index in [-0.39, 0.29) is 24.7 Å². The third-order valence-electron chi connectivity index (χ3n) is 3.77. The van der Waals surface area contributed by atoms with Crippen molar-refractivity contribution in [1.82, 2.24) is 0 Å². The highest BCUT2D eigenvalue weighted by molar-refractivity contribution is 5.81. The average Bonchev–Trinajstić information content (AvgIpc) is 2.73. The summed E-state index contributed by atoms with van der Waals surface area (Å²) in [5.74, 6) is -0.650. The zero-order chi connectivity index (χ0) is 15.0. The van der Waals surface area contributed by atoms with E-state index in [2.05, 4.69) is 0 Å². The molecule has 0 saturated heterocycles. The molecule has 0 fully saturated rings. The van der Waals surface area contributed by atoms with Crippen LogP contribution in [0, 0.1) is 0 Å². The van der Waals surface area contributed by atoms with Gasteiger partial charge < -0.3 is 11.5 Å². The van der Waals surface area contributed by atoms with Gasteiger partial charge in [0, 0.05) is 0 Å². The highest BCUT2D eigenvalue weighted by Gasteiger charge is 2.19. The molecule has 0 spiro atoms. The van der Waals surface area contributed by atoms with E-state index in [1.807, 2.05) is 36.4 Å². The van der Waals surface area contributed by atoms with Crippen molar-refractivity contribution in [3.63, 3.8) is 0 Å². The summed E-state index contributed by atoms with van der Waals surface area (Å²) in [5, 5.41) is 0. The minimum atomic E-state index is -0.325. The first-order chi connectivity index (χ1) is 10.0. The second-order valence-electron chi connectivity index (χ2n) is 5.45. The summed E-state index contributed by atoms with van der Waals surface area (Å²) in [6, 6.07) is 12.0. The summed E-state index contributed by atoms with van der Waals surface area (Å²) < 4.78 is 0. The maximum Gasteiger partial charge on any atom is 0.221 e. The largest absolute Gasteiger partial charge is 0.369 e. The standard InChI is InChI=1S/C17H16N2O2/c18-16(20)7-10-1-3-14-12(5-10)9-13-6-11(8-17(19)21)2-4-15(13)14/h1-6H,7-9H2,(H2,18,20)(H2,19,21). The third kappa shape index (κ3) is 2.65. The maximum absolute atomic E-state index is 11.0. The van der Waals surface area contributed by atoms with Crippen LogP contribution < -0.4 is 11.5 Å². The Morgan fingerprint density at radius 3 is 1.62 bits per heavy atom. The van der Waals surface area contributed by atoms with E-state index in [4.69, 9.17) is 11.5 Å². The molecule has 4 heteroatoms. The molecule has 0 radical (unpaired) electrons. The second-order valence-corrected chi connectivity index (χ2v) is 5.45. The smallest absolute Gasteiger partial charge is 0.221 e. The summed E-state index contributed by atoms with van der Waals surface area (Å²) in [6.45, 7) is 0. The number of hydrogen-bond acceptors (Lipinski definition) is 2. The molecule has 0 aromatic heterocycles. The van der Waals surface area contributed by atoms with E-state index in [0.717, 1.165) is 17.5 Å². The predicted molar refractivity (Wildman–Crippen MR) is 80.5 cm³/mol. The predicted octanol–water partition coefficient (Wildman–Crippen LogP) is 1.31. The fraction of sp³-hybridized carbons (Fsp3) is 0.176. The van der Waals surface area contributed by atoms with Gasteiger partial charge in [-0.3, -0.25) is 9.59 Å². The van der Waals surface area contributed by atoms with Crippen molar-refractivity contribution in [3.8, 4) is 11.1 Å². The Balaban J connectivity index is 1.93. The highest BCUT2D eigenvalue weighted by atomic mass is 16.1. The normalized spacial score (nSPS) is 11.8. The molecule has 4 N–H and O–H groups in total. The Morgan fingerprint density at radius 1 is 0.810 bits per heavy atom. The van der Waals surface area contributed by atoms with Gasteiger partial charge in [-0.05, 0) is 39.8 Å². The lowest BCUT2D eigenvalue weighted by Gasteiger charge is -2.04. The van der Waals surface area contributed by atoms with Gasteiger partial charge in [0.05, 0.1) is 12.8 Å². The summed E-state index contributed by atoms with van der Waals surface area (Å²) >= 11 is 0. The Bertz CT molecular complexity index is 687. The molecule has 1 aliphatic carbocycles. The van der Waals surface area contributed by atoms with Crippen molar-refractivity contribution in [3.05, 3.63) is 58.7 Å². The number of rotatable bonds is 4. The van der Waals surface area contributed by atoms with E-state index in [9.17, 15) is 9.59 Å². The van der Waals surface area contributed by atoms with Crippen molar-refractivity contribution in [2.45, 2.75) is 19.3 Å². The fourth-order valence-corrected chi connectivity index (χ4v) is 2.94. The zero-order valence-corrected chi connectivity index (χ0v) is 11.6. The lowest BCUT2D eigenvalue weighted by atomic mass is 10.0. The number of benzene rings is 2. The monoisotopic (exact) mass is 280 g/mol. The molecule has 106 valence electrons. The van der Waals surface area contributed by atoms with E-state index in [1.54, 1.807) is 0 Å². The van der Waals surface area contributed by atoms with Crippen LogP contribution in [0.1, 0.15) is 22.3 Å². The number of nitrogens with two attached hydrogens (primary N) is 2. The van der Waals surface area contributed by atoms with Crippen LogP contribution in [-0.2, 0) is 28.9 Å². The lowest BCUT2D eigenvalue weighted by Crippen LogP contribution is -2.13. The van der Waals surface area contributed by atoms with E-state index in [0.29, 0.717) is 0 Å². The Kier molecular flexibility index (Phi) is 3.22. The molecule has 21 heavy (non-hydrogen) atoms. The molecule has 2 aromatic carbocycles. The number of carbonyl (C=O) groups is 2. The van der Waals surface area contributed by atoms with Gasteiger partial charge in [0.1, 0.15) is 0 Å². The average molecular weight is 280 g/mol. The summed E-state index contributed by atoms with van der Waals surface area (Å²) in [4.78, 5) is 22.0. The number of hydrogen-bond donors (Lipinski definition) is 2.